The lowest BCUT2D eigenvalue weighted by molar-refractivity contribution is -0.149. The number of carbonyl (C=O) groups is 2. The number of hydrogen-bond donors (Lipinski definition) is 0. The summed E-state index contributed by atoms with van der Waals surface area (Å²) in [5, 5.41) is 0. The molecular formula is C18H21NO7. The molecule has 0 aliphatic carbocycles. The number of methoxy groups -OCH3 is 1. The fourth-order valence-corrected chi connectivity index (χ4v) is 3.55. The molecule has 1 amide bonds. The van der Waals surface area contributed by atoms with Gasteiger partial charge in [0.15, 0.2) is 11.5 Å². The Morgan fingerprint density at radius 1 is 1.19 bits per heavy atom. The van der Waals surface area contributed by atoms with Gasteiger partial charge in [-0.15, -0.1) is 0 Å². The van der Waals surface area contributed by atoms with Crippen molar-refractivity contribution in [3.05, 3.63) is 23.8 Å². The molecule has 26 heavy (non-hydrogen) atoms. The Bertz CT molecular complexity index is 707. The van der Waals surface area contributed by atoms with E-state index in [-0.39, 0.29) is 30.4 Å². The Kier molecular flexibility index (Phi) is 4.69. The van der Waals surface area contributed by atoms with E-state index < -0.39 is 6.10 Å². The van der Waals surface area contributed by atoms with Crippen LogP contribution in [0.3, 0.4) is 0 Å². The third-order valence-corrected chi connectivity index (χ3v) is 4.84. The second-order valence-electron chi connectivity index (χ2n) is 6.50. The Morgan fingerprint density at radius 3 is 2.81 bits per heavy atom. The molecule has 1 aromatic rings. The molecule has 8 heteroatoms. The number of morpholine rings is 1. The molecule has 0 unspecified atom stereocenters. The Balaban J connectivity index is 1.55. The molecule has 0 bridgehead atoms. The van der Waals surface area contributed by atoms with Gasteiger partial charge in [-0.1, -0.05) is 0 Å². The SMILES string of the molecule is COC(=O)C[C@@H]1CN(C(=O)c2ccc3c(c2)OCCO3)[C@H]2COC[C@@H]2O1. The van der Waals surface area contributed by atoms with Crippen LogP contribution in [0.5, 0.6) is 11.5 Å². The first-order valence-corrected chi connectivity index (χ1v) is 8.66. The molecule has 140 valence electrons. The monoisotopic (exact) mass is 363 g/mol. The van der Waals surface area contributed by atoms with E-state index >= 15 is 0 Å². The fraction of sp³-hybridized carbons (Fsp3) is 0.556. The standard InChI is InChI=1S/C18H21NO7/c1-22-17(20)7-12-8-19(13-9-23-10-16(13)26-12)18(21)11-2-3-14-15(6-11)25-5-4-24-14/h2-3,6,12-13,16H,4-5,7-10H2,1H3/t12-,13+,16+/m1/s1. The van der Waals surface area contributed by atoms with Crippen molar-refractivity contribution >= 4 is 11.9 Å². The summed E-state index contributed by atoms with van der Waals surface area (Å²) in [6.07, 6.45) is -0.545. The average molecular weight is 363 g/mol. The summed E-state index contributed by atoms with van der Waals surface area (Å²) < 4.78 is 27.2. The van der Waals surface area contributed by atoms with Gasteiger partial charge in [-0.05, 0) is 18.2 Å². The van der Waals surface area contributed by atoms with Gasteiger partial charge in [0, 0.05) is 12.1 Å². The van der Waals surface area contributed by atoms with Gasteiger partial charge in [-0.2, -0.15) is 0 Å². The van der Waals surface area contributed by atoms with E-state index in [1.165, 1.54) is 7.11 Å². The smallest absolute Gasteiger partial charge is 0.308 e. The fourth-order valence-electron chi connectivity index (χ4n) is 3.55. The summed E-state index contributed by atoms with van der Waals surface area (Å²) in [7, 11) is 1.34. The minimum absolute atomic E-state index is 0.102. The highest BCUT2D eigenvalue weighted by Crippen LogP contribution is 2.32. The van der Waals surface area contributed by atoms with Gasteiger partial charge >= 0.3 is 5.97 Å². The van der Waals surface area contributed by atoms with Crippen molar-refractivity contribution in [2.45, 2.75) is 24.7 Å². The molecule has 3 atom stereocenters. The molecule has 0 radical (unpaired) electrons. The van der Waals surface area contributed by atoms with Crippen molar-refractivity contribution in [3.63, 3.8) is 0 Å². The second-order valence-corrected chi connectivity index (χ2v) is 6.50. The van der Waals surface area contributed by atoms with E-state index in [1.54, 1.807) is 23.1 Å². The van der Waals surface area contributed by atoms with Crippen LogP contribution in [0, 0.1) is 0 Å². The number of benzene rings is 1. The summed E-state index contributed by atoms with van der Waals surface area (Å²) in [6, 6.07) is 5.01. The number of fused-ring (bicyclic) bond motifs is 2. The molecule has 4 rings (SSSR count). The minimum atomic E-state index is -0.411. The summed E-state index contributed by atoms with van der Waals surface area (Å²) >= 11 is 0. The number of esters is 1. The third-order valence-electron chi connectivity index (χ3n) is 4.84. The van der Waals surface area contributed by atoms with Gasteiger partial charge in [0.25, 0.3) is 5.91 Å². The van der Waals surface area contributed by atoms with Crippen molar-refractivity contribution in [1.29, 1.82) is 0 Å². The molecule has 0 aromatic heterocycles. The maximum Gasteiger partial charge on any atom is 0.308 e. The molecule has 1 aromatic carbocycles. The lowest BCUT2D eigenvalue weighted by Crippen LogP contribution is -2.56. The van der Waals surface area contributed by atoms with Gasteiger partial charge in [0.05, 0.1) is 38.9 Å². The van der Waals surface area contributed by atoms with Gasteiger partial charge in [0.2, 0.25) is 0 Å². The molecule has 3 aliphatic rings. The van der Waals surface area contributed by atoms with Crippen LogP contribution in [-0.2, 0) is 19.0 Å². The van der Waals surface area contributed by atoms with Crippen LogP contribution in [0.4, 0.5) is 0 Å². The summed E-state index contributed by atoms with van der Waals surface area (Å²) in [6.45, 7) is 2.11. The predicted octanol–water partition coefficient (Wildman–Crippen LogP) is 0.629. The van der Waals surface area contributed by atoms with Crippen molar-refractivity contribution in [3.8, 4) is 11.5 Å². The van der Waals surface area contributed by atoms with Crippen LogP contribution in [0.1, 0.15) is 16.8 Å². The van der Waals surface area contributed by atoms with Crippen molar-refractivity contribution in [1.82, 2.24) is 4.90 Å². The zero-order valence-corrected chi connectivity index (χ0v) is 14.5. The number of carbonyl (C=O) groups excluding carboxylic acids is 2. The van der Waals surface area contributed by atoms with Crippen LogP contribution in [0.15, 0.2) is 18.2 Å². The first-order chi connectivity index (χ1) is 12.7. The van der Waals surface area contributed by atoms with E-state index in [0.29, 0.717) is 50.0 Å². The van der Waals surface area contributed by atoms with Crippen LogP contribution >= 0.6 is 0 Å². The Labute approximate surface area is 150 Å². The predicted molar refractivity (Wildman–Crippen MR) is 88.4 cm³/mol. The van der Waals surface area contributed by atoms with Crippen LogP contribution < -0.4 is 9.47 Å². The highest BCUT2D eigenvalue weighted by atomic mass is 16.6. The van der Waals surface area contributed by atoms with Crippen LogP contribution in [0.25, 0.3) is 0 Å². The maximum absolute atomic E-state index is 13.1. The number of rotatable bonds is 3. The summed E-state index contributed by atoms with van der Waals surface area (Å²) in [5.41, 5.74) is 0.513. The highest BCUT2D eigenvalue weighted by Gasteiger charge is 2.43. The number of ether oxygens (including phenoxy) is 5. The van der Waals surface area contributed by atoms with Gasteiger partial charge in [-0.3, -0.25) is 9.59 Å². The van der Waals surface area contributed by atoms with Gasteiger partial charge in [0.1, 0.15) is 19.3 Å². The first kappa shape index (κ1) is 17.1. The minimum Gasteiger partial charge on any atom is -0.486 e. The summed E-state index contributed by atoms with van der Waals surface area (Å²) in [5.74, 6) is 0.709. The van der Waals surface area contributed by atoms with Crippen molar-refractivity contribution < 1.29 is 33.3 Å². The first-order valence-electron chi connectivity index (χ1n) is 8.66. The number of amides is 1. The van der Waals surface area contributed by atoms with Gasteiger partial charge in [-0.25, -0.2) is 0 Å². The molecule has 0 saturated carbocycles. The third kappa shape index (κ3) is 3.22. The zero-order valence-electron chi connectivity index (χ0n) is 14.5. The molecule has 3 heterocycles. The molecule has 0 spiro atoms. The quantitative estimate of drug-likeness (QED) is 0.729. The van der Waals surface area contributed by atoms with E-state index in [2.05, 4.69) is 0 Å². The second kappa shape index (κ2) is 7.13. The maximum atomic E-state index is 13.1. The van der Waals surface area contributed by atoms with Crippen molar-refractivity contribution in [2.75, 3.05) is 40.1 Å². The molecule has 2 saturated heterocycles. The Hall–Kier alpha value is -2.32. The molecule has 0 N–H and O–H groups in total. The zero-order chi connectivity index (χ0) is 18.1. The number of hydrogen-bond acceptors (Lipinski definition) is 7. The van der Waals surface area contributed by atoms with Crippen molar-refractivity contribution in [2.24, 2.45) is 0 Å². The van der Waals surface area contributed by atoms with Crippen LogP contribution in [-0.4, -0.2) is 75.1 Å². The lowest BCUT2D eigenvalue weighted by atomic mass is 10.0. The topological polar surface area (TPSA) is 83.5 Å². The number of nitrogens with zero attached hydrogens (tertiary/aromatic N) is 1. The molecule has 2 fully saturated rings. The average Bonchev–Trinajstić information content (AvgIpc) is 3.14. The van der Waals surface area contributed by atoms with E-state index in [1.807, 2.05) is 0 Å². The molecular weight excluding hydrogens is 342 g/mol. The summed E-state index contributed by atoms with van der Waals surface area (Å²) in [4.78, 5) is 26.5. The van der Waals surface area contributed by atoms with Crippen LogP contribution in [0.2, 0.25) is 0 Å². The highest BCUT2D eigenvalue weighted by molar-refractivity contribution is 5.95. The molecule has 8 nitrogen and oxygen atoms in total. The van der Waals surface area contributed by atoms with E-state index in [4.69, 9.17) is 23.7 Å². The molecule has 3 aliphatic heterocycles. The normalized spacial score (nSPS) is 27.0. The van der Waals surface area contributed by atoms with E-state index in [9.17, 15) is 9.59 Å². The Morgan fingerprint density at radius 2 is 2.00 bits per heavy atom. The van der Waals surface area contributed by atoms with Gasteiger partial charge < -0.3 is 28.6 Å². The largest absolute Gasteiger partial charge is 0.486 e. The van der Waals surface area contributed by atoms with E-state index in [0.717, 1.165) is 0 Å². The lowest BCUT2D eigenvalue weighted by Gasteiger charge is -2.40.